The number of hydroxylamine groups is 2. The van der Waals surface area contributed by atoms with Gasteiger partial charge in [0.25, 0.3) is 10.5 Å². The van der Waals surface area contributed by atoms with Crippen molar-refractivity contribution in [1.82, 2.24) is 5.06 Å². The highest BCUT2D eigenvalue weighted by Gasteiger charge is 2.18. The van der Waals surface area contributed by atoms with Crippen molar-refractivity contribution in [3.8, 4) is 0 Å². The van der Waals surface area contributed by atoms with Crippen LogP contribution in [0, 0.1) is 0 Å². The molecule has 0 aliphatic carbocycles. The Bertz CT molecular complexity index is 106. The standard InChI is InChI=1S/C4H6NO2Si/c6-4-2-1-3-5(4)7-8/h1-3H2. The first-order valence-electron chi connectivity index (χ1n) is 2.48. The largest absolute Gasteiger partial charge is 0.319 e. The van der Waals surface area contributed by atoms with Crippen LogP contribution in [0.25, 0.3) is 0 Å². The minimum Gasteiger partial charge on any atom is -0.319 e. The van der Waals surface area contributed by atoms with E-state index < -0.39 is 0 Å². The second-order valence-electron chi connectivity index (χ2n) is 1.69. The van der Waals surface area contributed by atoms with Crippen molar-refractivity contribution in [2.24, 2.45) is 0 Å². The Labute approximate surface area is 51.1 Å². The molecule has 1 aliphatic heterocycles. The lowest BCUT2D eigenvalue weighted by molar-refractivity contribution is -0.149. The van der Waals surface area contributed by atoms with E-state index in [9.17, 15) is 4.79 Å². The number of rotatable bonds is 1. The van der Waals surface area contributed by atoms with Gasteiger partial charge in [0.2, 0.25) is 5.91 Å². The highest BCUT2D eigenvalue weighted by molar-refractivity contribution is 5.98. The summed E-state index contributed by atoms with van der Waals surface area (Å²) in [6.45, 7) is 0.711. The van der Waals surface area contributed by atoms with Gasteiger partial charge in [-0.3, -0.25) is 4.79 Å². The highest BCUT2D eigenvalue weighted by atomic mass is 28.2. The van der Waals surface area contributed by atoms with Crippen molar-refractivity contribution < 1.29 is 9.32 Å². The molecule has 1 aliphatic rings. The van der Waals surface area contributed by atoms with Crippen LogP contribution in [0.1, 0.15) is 12.8 Å². The van der Waals surface area contributed by atoms with E-state index >= 15 is 0 Å². The van der Waals surface area contributed by atoms with Crippen molar-refractivity contribution in [1.29, 1.82) is 0 Å². The SMILES string of the molecule is O=C1CCCN1O[Si]. The van der Waals surface area contributed by atoms with Crippen molar-refractivity contribution in [3.63, 3.8) is 0 Å². The Hall–Kier alpha value is -0.353. The van der Waals surface area contributed by atoms with E-state index in [0.29, 0.717) is 13.0 Å². The average Bonchev–Trinajstić information content (AvgIpc) is 2.14. The van der Waals surface area contributed by atoms with Crippen molar-refractivity contribution >= 4 is 16.4 Å². The van der Waals surface area contributed by atoms with Gasteiger partial charge in [-0.1, -0.05) is 0 Å². The lowest BCUT2D eigenvalue weighted by Crippen LogP contribution is -2.23. The molecule has 0 N–H and O–H groups in total. The number of hydrogen-bond acceptors (Lipinski definition) is 2. The van der Waals surface area contributed by atoms with Gasteiger partial charge in [-0.05, 0) is 6.42 Å². The molecule has 1 fully saturated rings. The third-order valence-corrected chi connectivity index (χ3v) is 1.36. The summed E-state index contributed by atoms with van der Waals surface area (Å²) in [5.41, 5.74) is 0. The van der Waals surface area contributed by atoms with E-state index in [0.717, 1.165) is 6.42 Å². The zero-order valence-electron chi connectivity index (χ0n) is 4.39. The zero-order valence-corrected chi connectivity index (χ0v) is 5.39. The second-order valence-corrected chi connectivity index (χ2v) is 1.87. The molecule has 1 saturated heterocycles. The van der Waals surface area contributed by atoms with Gasteiger partial charge < -0.3 is 4.53 Å². The fourth-order valence-electron chi connectivity index (χ4n) is 0.720. The fourth-order valence-corrected chi connectivity index (χ4v) is 0.913. The summed E-state index contributed by atoms with van der Waals surface area (Å²) in [5.74, 6) is 0.0556. The Morgan fingerprint density at radius 1 is 1.75 bits per heavy atom. The van der Waals surface area contributed by atoms with E-state index in [1.807, 2.05) is 0 Å². The Morgan fingerprint density at radius 3 is 2.75 bits per heavy atom. The summed E-state index contributed by atoms with van der Waals surface area (Å²) in [5, 5.41) is 1.30. The van der Waals surface area contributed by atoms with E-state index in [1.165, 1.54) is 5.06 Å². The molecule has 0 aromatic heterocycles. The van der Waals surface area contributed by atoms with Gasteiger partial charge in [-0.25, -0.2) is 5.06 Å². The maximum Gasteiger partial charge on any atom is 0.291 e. The Morgan fingerprint density at radius 2 is 2.50 bits per heavy atom. The van der Waals surface area contributed by atoms with Gasteiger partial charge in [0.15, 0.2) is 0 Å². The minimum atomic E-state index is 0.0556. The number of nitrogens with zero attached hydrogens (tertiary/aromatic N) is 1. The first kappa shape index (κ1) is 5.78. The van der Waals surface area contributed by atoms with Gasteiger partial charge in [-0.2, -0.15) is 0 Å². The zero-order chi connectivity index (χ0) is 5.98. The summed E-state index contributed by atoms with van der Waals surface area (Å²) >= 11 is 0. The summed E-state index contributed by atoms with van der Waals surface area (Å²) in [6.07, 6.45) is 1.52. The van der Waals surface area contributed by atoms with Crippen LogP contribution in [0.4, 0.5) is 0 Å². The molecule has 8 heavy (non-hydrogen) atoms. The molecule has 1 amide bonds. The highest BCUT2D eigenvalue weighted by Crippen LogP contribution is 2.07. The third-order valence-electron chi connectivity index (χ3n) is 1.14. The quantitative estimate of drug-likeness (QED) is 0.451. The molecule has 0 atom stereocenters. The smallest absolute Gasteiger partial charge is 0.291 e. The molecule has 3 radical (unpaired) electrons. The van der Waals surface area contributed by atoms with E-state index in [1.54, 1.807) is 0 Å². The fraction of sp³-hybridized carbons (Fsp3) is 0.750. The van der Waals surface area contributed by atoms with Crippen LogP contribution in [0.3, 0.4) is 0 Å². The molecule has 0 spiro atoms. The molecule has 0 aromatic rings. The molecule has 1 rings (SSSR count). The summed E-state index contributed by atoms with van der Waals surface area (Å²) in [6, 6.07) is 0. The molecule has 0 bridgehead atoms. The number of carbonyl (C=O) groups excluding carboxylic acids is 1. The third kappa shape index (κ3) is 0.899. The topological polar surface area (TPSA) is 29.5 Å². The van der Waals surface area contributed by atoms with Crippen LogP contribution in [-0.4, -0.2) is 28.0 Å². The molecule has 0 saturated carbocycles. The lowest BCUT2D eigenvalue weighted by Gasteiger charge is -2.09. The van der Waals surface area contributed by atoms with E-state index in [4.69, 9.17) is 0 Å². The molecule has 0 unspecified atom stereocenters. The first-order chi connectivity index (χ1) is 3.84. The minimum absolute atomic E-state index is 0.0556. The molecular weight excluding hydrogens is 122 g/mol. The molecule has 43 valence electrons. The van der Waals surface area contributed by atoms with Crippen LogP contribution in [-0.2, 0) is 9.32 Å². The maximum atomic E-state index is 10.6. The van der Waals surface area contributed by atoms with Gasteiger partial charge in [0.1, 0.15) is 0 Å². The normalized spacial score (nSPS) is 20.1. The molecule has 1 heterocycles. The van der Waals surface area contributed by atoms with Crippen LogP contribution < -0.4 is 0 Å². The molecule has 3 nitrogen and oxygen atoms in total. The average molecular weight is 128 g/mol. The van der Waals surface area contributed by atoms with Crippen molar-refractivity contribution in [3.05, 3.63) is 0 Å². The van der Waals surface area contributed by atoms with Crippen LogP contribution in [0.15, 0.2) is 0 Å². The summed E-state index contributed by atoms with van der Waals surface area (Å²) in [4.78, 5) is 10.6. The van der Waals surface area contributed by atoms with Crippen LogP contribution in [0.5, 0.6) is 0 Å². The van der Waals surface area contributed by atoms with Gasteiger partial charge in [-0.15, -0.1) is 0 Å². The predicted molar refractivity (Wildman–Crippen MR) is 27.8 cm³/mol. The first-order valence-corrected chi connectivity index (χ1v) is 2.89. The Balaban J connectivity index is 2.42. The Kier molecular flexibility index (Phi) is 1.64. The maximum absolute atomic E-state index is 10.6. The summed E-state index contributed by atoms with van der Waals surface area (Å²) < 4.78 is 4.51. The van der Waals surface area contributed by atoms with E-state index in [2.05, 4.69) is 15.0 Å². The van der Waals surface area contributed by atoms with Gasteiger partial charge in [0.05, 0.1) is 0 Å². The number of hydrogen-bond donors (Lipinski definition) is 0. The van der Waals surface area contributed by atoms with Crippen molar-refractivity contribution in [2.45, 2.75) is 12.8 Å². The van der Waals surface area contributed by atoms with Crippen molar-refractivity contribution in [2.75, 3.05) is 6.54 Å². The second kappa shape index (κ2) is 2.28. The number of carbonyl (C=O) groups is 1. The number of amides is 1. The van der Waals surface area contributed by atoms with Gasteiger partial charge in [0, 0.05) is 13.0 Å². The summed E-state index contributed by atoms with van der Waals surface area (Å²) in [7, 11) is 2.77. The lowest BCUT2D eigenvalue weighted by atomic mass is 10.4. The van der Waals surface area contributed by atoms with E-state index in [-0.39, 0.29) is 5.91 Å². The molecule has 4 heteroatoms. The van der Waals surface area contributed by atoms with Crippen LogP contribution in [0.2, 0.25) is 0 Å². The van der Waals surface area contributed by atoms with Crippen LogP contribution >= 0.6 is 0 Å². The molecular formula is C4H6NO2Si. The van der Waals surface area contributed by atoms with Gasteiger partial charge >= 0.3 is 0 Å². The molecule has 0 aromatic carbocycles. The predicted octanol–water partition coefficient (Wildman–Crippen LogP) is -0.376. The monoisotopic (exact) mass is 128 g/mol.